The second-order valence-corrected chi connectivity index (χ2v) is 3.92. The minimum absolute atomic E-state index is 0.0251. The molecule has 1 unspecified atom stereocenters. The molecule has 1 aliphatic heterocycles. The standard InChI is InChI=1S/C10H17N3O4/c1-17-9(15)7-4-2-3-5-13(7)6-8(14)12-10(11)16/h7H,2-6H2,1H3,(H3,11,12,14,16). The molecule has 0 radical (unpaired) electrons. The molecule has 1 fully saturated rings. The Morgan fingerprint density at radius 3 is 2.71 bits per heavy atom. The number of hydrogen-bond donors (Lipinski definition) is 2. The largest absolute Gasteiger partial charge is 0.468 e. The van der Waals surface area contributed by atoms with Crippen molar-refractivity contribution in [3.8, 4) is 0 Å². The van der Waals surface area contributed by atoms with Crippen molar-refractivity contribution in [2.75, 3.05) is 20.2 Å². The van der Waals surface area contributed by atoms with E-state index in [1.165, 1.54) is 7.11 Å². The van der Waals surface area contributed by atoms with E-state index in [1.54, 1.807) is 4.90 Å². The zero-order valence-corrected chi connectivity index (χ0v) is 9.77. The first-order valence-corrected chi connectivity index (χ1v) is 5.45. The van der Waals surface area contributed by atoms with Crippen molar-refractivity contribution in [3.05, 3.63) is 0 Å². The topological polar surface area (TPSA) is 102 Å². The third-order valence-electron chi connectivity index (χ3n) is 2.70. The molecular formula is C10H17N3O4. The number of esters is 1. The summed E-state index contributed by atoms with van der Waals surface area (Å²) in [5.74, 6) is -0.857. The molecule has 1 aliphatic rings. The van der Waals surface area contributed by atoms with Crippen molar-refractivity contribution in [2.45, 2.75) is 25.3 Å². The first kappa shape index (κ1) is 13.4. The zero-order chi connectivity index (χ0) is 12.8. The van der Waals surface area contributed by atoms with E-state index in [2.05, 4.69) is 4.74 Å². The summed E-state index contributed by atoms with van der Waals surface area (Å²) >= 11 is 0. The Morgan fingerprint density at radius 2 is 2.12 bits per heavy atom. The normalized spacial score (nSPS) is 20.6. The molecule has 1 atom stereocenters. The second-order valence-electron chi connectivity index (χ2n) is 3.92. The number of nitrogens with one attached hydrogen (secondary N) is 1. The summed E-state index contributed by atoms with van der Waals surface area (Å²) in [6.45, 7) is 0.606. The van der Waals surface area contributed by atoms with Gasteiger partial charge in [0.25, 0.3) is 0 Å². The number of primary amides is 1. The lowest BCUT2D eigenvalue weighted by molar-refractivity contribution is -0.148. The van der Waals surface area contributed by atoms with Gasteiger partial charge in [0.15, 0.2) is 0 Å². The molecule has 7 heteroatoms. The number of amides is 3. The minimum Gasteiger partial charge on any atom is -0.468 e. The maximum absolute atomic E-state index is 11.5. The van der Waals surface area contributed by atoms with Gasteiger partial charge in [0, 0.05) is 0 Å². The Kier molecular flexibility index (Phi) is 4.89. The first-order chi connectivity index (χ1) is 8.04. The van der Waals surface area contributed by atoms with Gasteiger partial charge in [0.2, 0.25) is 5.91 Å². The summed E-state index contributed by atoms with van der Waals surface area (Å²) in [6.07, 6.45) is 2.50. The number of carbonyl (C=O) groups excluding carboxylic acids is 3. The van der Waals surface area contributed by atoms with Gasteiger partial charge in [-0.05, 0) is 19.4 Å². The molecule has 0 aromatic heterocycles. The smallest absolute Gasteiger partial charge is 0.323 e. The summed E-state index contributed by atoms with van der Waals surface area (Å²) < 4.78 is 4.68. The van der Waals surface area contributed by atoms with Crippen LogP contribution in [0.3, 0.4) is 0 Å². The van der Waals surface area contributed by atoms with Crippen LogP contribution < -0.4 is 11.1 Å². The van der Waals surface area contributed by atoms with Gasteiger partial charge in [0.1, 0.15) is 6.04 Å². The Hall–Kier alpha value is -1.63. The van der Waals surface area contributed by atoms with E-state index in [-0.39, 0.29) is 12.5 Å². The van der Waals surface area contributed by atoms with Crippen LogP contribution in [0.1, 0.15) is 19.3 Å². The van der Waals surface area contributed by atoms with Gasteiger partial charge < -0.3 is 10.5 Å². The number of imide groups is 1. The highest BCUT2D eigenvalue weighted by Crippen LogP contribution is 2.17. The lowest BCUT2D eigenvalue weighted by Gasteiger charge is -2.32. The van der Waals surface area contributed by atoms with Gasteiger partial charge >= 0.3 is 12.0 Å². The van der Waals surface area contributed by atoms with Crippen molar-refractivity contribution in [3.63, 3.8) is 0 Å². The molecule has 1 heterocycles. The predicted molar refractivity (Wildman–Crippen MR) is 59.0 cm³/mol. The van der Waals surface area contributed by atoms with Crippen LogP contribution in [0.15, 0.2) is 0 Å². The summed E-state index contributed by atoms with van der Waals surface area (Å²) in [7, 11) is 1.32. The summed E-state index contributed by atoms with van der Waals surface area (Å²) in [5, 5.41) is 1.97. The van der Waals surface area contributed by atoms with E-state index >= 15 is 0 Å². The average molecular weight is 243 g/mol. The predicted octanol–water partition coefficient (Wildman–Crippen LogP) is -0.791. The van der Waals surface area contributed by atoms with Gasteiger partial charge in [-0.3, -0.25) is 19.8 Å². The number of methoxy groups -OCH3 is 1. The summed E-state index contributed by atoms with van der Waals surface area (Å²) in [4.78, 5) is 35.1. The summed E-state index contributed by atoms with van der Waals surface area (Å²) in [5.41, 5.74) is 4.84. The van der Waals surface area contributed by atoms with Gasteiger partial charge in [-0.2, -0.15) is 0 Å². The third kappa shape index (κ3) is 4.03. The highest BCUT2D eigenvalue weighted by atomic mass is 16.5. The van der Waals surface area contributed by atoms with E-state index in [0.717, 1.165) is 12.8 Å². The molecule has 3 N–H and O–H groups in total. The molecule has 0 aromatic carbocycles. The average Bonchev–Trinajstić information content (AvgIpc) is 2.27. The summed E-state index contributed by atoms with van der Waals surface area (Å²) in [6, 6.07) is -1.30. The van der Waals surface area contributed by atoms with Crippen LogP contribution >= 0.6 is 0 Å². The maximum atomic E-state index is 11.5. The van der Waals surface area contributed by atoms with Crippen LogP contribution in [0.4, 0.5) is 4.79 Å². The van der Waals surface area contributed by atoms with Crippen LogP contribution in [0.25, 0.3) is 0 Å². The number of urea groups is 1. The lowest BCUT2D eigenvalue weighted by atomic mass is 10.0. The van der Waals surface area contributed by atoms with Gasteiger partial charge in [-0.25, -0.2) is 4.79 Å². The number of carbonyl (C=O) groups is 3. The van der Waals surface area contributed by atoms with E-state index in [0.29, 0.717) is 13.0 Å². The Labute approximate surface area is 99.3 Å². The molecule has 0 aromatic rings. The van der Waals surface area contributed by atoms with Gasteiger partial charge in [0.05, 0.1) is 13.7 Å². The molecule has 17 heavy (non-hydrogen) atoms. The third-order valence-corrected chi connectivity index (χ3v) is 2.70. The molecule has 0 spiro atoms. The quantitative estimate of drug-likeness (QED) is 0.632. The number of nitrogens with zero attached hydrogens (tertiary/aromatic N) is 1. The highest BCUT2D eigenvalue weighted by molar-refractivity contribution is 5.94. The number of ether oxygens (including phenoxy) is 1. The van der Waals surface area contributed by atoms with Crippen molar-refractivity contribution in [1.29, 1.82) is 0 Å². The molecule has 3 amide bonds. The van der Waals surface area contributed by atoms with Crippen molar-refractivity contribution < 1.29 is 19.1 Å². The molecule has 1 saturated heterocycles. The fraction of sp³-hybridized carbons (Fsp3) is 0.700. The van der Waals surface area contributed by atoms with Crippen molar-refractivity contribution >= 4 is 17.9 Å². The number of nitrogens with two attached hydrogens (primary N) is 1. The maximum Gasteiger partial charge on any atom is 0.323 e. The van der Waals surface area contributed by atoms with Crippen molar-refractivity contribution in [1.82, 2.24) is 10.2 Å². The van der Waals surface area contributed by atoms with E-state index in [1.807, 2.05) is 5.32 Å². The SMILES string of the molecule is COC(=O)C1CCCCN1CC(=O)NC(N)=O. The Morgan fingerprint density at radius 1 is 1.41 bits per heavy atom. The van der Waals surface area contributed by atoms with Crippen LogP contribution in [0, 0.1) is 0 Å². The number of hydrogen-bond acceptors (Lipinski definition) is 5. The van der Waals surface area contributed by atoms with Gasteiger partial charge in [-0.15, -0.1) is 0 Å². The van der Waals surface area contributed by atoms with E-state index < -0.39 is 18.0 Å². The Balaban J connectivity index is 2.56. The van der Waals surface area contributed by atoms with Crippen LogP contribution in [-0.4, -0.2) is 49.0 Å². The van der Waals surface area contributed by atoms with Crippen LogP contribution in [0.5, 0.6) is 0 Å². The molecular weight excluding hydrogens is 226 g/mol. The fourth-order valence-corrected chi connectivity index (χ4v) is 1.94. The minimum atomic E-state index is -0.887. The monoisotopic (exact) mass is 243 g/mol. The van der Waals surface area contributed by atoms with Crippen LogP contribution in [-0.2, 0) is 14.3 Å². The first-order valence-electron chi connectivity index (χ1n) is 5.45. The number of rotatable bonds is 3. The molecule has 0 bridgehead atoms. The highest BCUT2D eigenvalue weighted by Gasteiger charge is 2.30. The second kappa shape index (κ2) is 6.19. The van der Waals surface area contributed by atoms with E-state index in [4.69, 9.17) is 5.73 Å². The van der Waals surface area contributed by atoms with E-state index in [9.17, 15) is 14.4 Å². The molecule has 96 valence electrons. The van der Waals surface area contributed by atoms with Crippen LogP contribution in [0.2, 0.25) is 0 Å². The molecule has 7 nitrogen and oxygen atoms in total. The van der Waals surface area contributed by atoms with Crippen molar-refractivity contribution in [2.24, 2.45) is 5.73 Å². The molecule has 0 aliphatic carbocycles. The van der Waals surface area contributed by atoms with Gasteiger partial charge in [-0.1, -0.05) is 6.42 Å². The Bertz CT molecular complexity index is 319. The lowest BCUT2D eigenvalue weighted by Crippen LogP contribution is -2.50. The molecule has 0 saturated carbocycles. The molecule has 1 rings (SSSR count). The number of piperidine rings is 1. The number of likely N-dealkylation sites (tertiary alicyclic amines) is 1. The fourth-order valence-electron chi connectivity index (χ4n) is 1.94. The zero-order valence-electron chi connectivity index (χ0n) is 9.77.